The summed E-state index contributed by atoms with van der Waals surface area (Å²) in [6.07, 6.45) is 1.71. The number of benzene rings is 2. The van der Waals surface area contributed by atoms with Crippen LogP contribution in [-0.4, -0.2) is 40.0 Å². The lowest BCUT2D eigenvalue weighted by Crippen LogP contribution is -2.24. The molecule has 32 heavy (non-hydrogen) atoms. The number of nitrogens with one attached hydrogen (secondary N) is 1. The number of hydrogen-bond donors (Lipinski definition) is 1. The van der Waals surface area contributed by atoms with Gasteiger partial charge in [0.2, 0.25) is 5.91 Å². The lowest BCUT2D eigenvalue weighted by atomic mass is 10.2. The third kappa shape index (κ3) is 5.02. The standard InChI is InChI=1S/C23H22ClN5O.ClH.H2O/c1-15(23(30)26-18-10-12-19(13-11-18)28(2)3)29-21(16-6-8-17(24)9-7-16)27-20-5-4-14-25-22(20)29;;/h4-15H,1-3H3,(H,26,30);1H;1H2/t15-;;/m0../s1. The highest BCUT2D eigenvalue weighted by atomic mass is 35.5. The molecule has 1 atom stereocenters. The summed E-state index contributed by atoms with van der Waals surface area (Å²) in [6.45, 7) is 1.85. The lowest BCUT2D eigenvalue weighted by Gasteiger charge is -2.18. The molecule has 0 aliphatic heterocycles. The van der Waals surface area contributed by atoms with Crippen LogP contribution in [0.3, 0.4) is 0 Å². The second-order valence-corrected chi connectivity index (χ2v) is 7.70. The van der Waals surface area contributed by atoms with Crippen molar-refractivity contribution in [1.82, 2.24) is 14.5 Å². The van der Waals surface area contributed by atoms with E-state index in [0.717, 1.165) is 22.5 Å². The number of amides is 1. The van der Waals surface area contributed by atoms with Crippen molar-refractivity contribution >= 4 is 52.5 Å². The van der Waals surface area contributed by atoms with Gasteiger partial charge < -0.3 is 15.7 Å². The largest absolute Gasteiger partial charge is 0.412 e. The van der Waals surface area contributed by atoms with Gasteiger partial charge >= 0.3 is 0 Å². The Bertz CT molecular complexity index is 1190. The normalized spacial score (nSPS) is 11.2. The van der Waals surface area contributed by atoms with Gasteiger partial charge in [0.25, 0.3) is 0 Å². The Kier molecular flexibility index (Phi) is 8.21. The quantitative estimate of drug-likeness (QED) is 0.457. The van der Waals surface area contributed by atoms with E-state index in [1.54, 1.807) is 6.20 Å². The summed E-state index contributed by atoms with van der Waals surface area (Å²) in [7, 11) is 3.95. The van der Waals surface area contributed by atoms with Gasteiger partial charge in [-0.1, -0.05) is 11.6 Å². The van der Waals surface area contributed by atoms with Gasteiger partial charge in [-0.05, 0) is 67.6 Å². The smallest absolute Gasteiger partial charge is 0.247 e. The zero-order chi connectivity index (χ0) is 21.3. The molecule has 4 rings (SSSR count). The summed E-state index contributed by atoms with van der Waals surface area (Å²) in [5.41, 5.74) is 4.07. The average Bonchev–Trinajstić information content (AvgIpc) is 3.13. The highest BCUT2D eigenvalue weighted by molar-refractivity contribution is 6.30. The van der Waals surface area contributed by atoms with E-state index < -0.39 is 6.04 Å². The van der Waals surface area contributed by atoms with Crippen LogP contribution in [0.4, 0.5) is 11.4 Å². The minimum atomic E-state index is -0.524. The van der Waals surface area contributed by atoms with Crippen LogP contribution < -0.4 is 10.2 Å². The van der Waals surface area contributed by atoms with Crippen LogP contribution in [0.15, 0.2) is 66.9 Å². The summed E-state index contributed by atoms with van der Waals surface area (Å²) in [4.78, 5) is 24.3. The van der Waals surface area contributed by atoms with Crippen molar-refractivity contribution < 1.29 is 10.3 Å². The Morgan fingerprint density at radius 2 is 1.72 bits per heavy atom. The fraction of sp³-hybridized carbons (Fsp3) is 0.174. The van der Waals surface area contributed by atoms with Crippen LogP contribution in [0.25, 0.3) is 22.6 Å². The first-order chi connectivity index (χ1) is 14.4. The fourth-order valence-electron chi connectivity index (χ4n) is 3.31. The molecule has 1 amide bonds. The van der Waals surface area contributed by atoms with Crippen LogP contribution in [0.2, 0.25) is 5.02 Å². The monoisotopic (exact) mass is 473 g/mol. The maximum absolute atomic E-state index is 13.1. The Morgan fingerprint density at radius 3 is 2.34 bits per heavy atom. The maximum Gasteiger partial charge on any atom is 0.247 e. The predicted molar refractivity (Wildman–Crippen MR) is 133 cm³/mol. The predicted octanol–water partition coefficient (Wildman–Crippen LogP) is 4.61. The molecular weight excluding hydrogens is 449 g/mol. The molecule has 3 N–H and O–H groups in total. The zero-order valence-electron chi connectivity index (χ0n) is 17.9. The molecule has 0 fully saturated rings. The first-order valence-corrected chi connectivity index (χ1v) is 9.99. The Hall–Kier alpha value is -3.13. The Labute approximate surface area is 197 Å². The summed E-state index contributed by atoms with van der Waals surface area (Å²) < 4.78 is 1.86. The van der Waals surface area contributed by atoms with Gasteiger partial charge in [-0.25, -0.2) is 9.97 Å². The molecule has 4 aromatic rings. The fourth-order valence-corrected chi connectivity index (χ4v) is 3.43. The van der Waals surface area contributed by atoms with Gasteiger partial charge in [-0.2, -0.15) is 0 Å². The van der Waals surface area contributed by atoms with E-state index in [4.69, 9.17) is 16.6 Å². The first-order valence-electron chi connectivity index (χ1n) is 9.61. The van der Waals surface area contributed by atoms with Crippen LogP contribution in [0.1, 0.15) is 13.0 Å². The van der Waals surface area contributed by atoms with Gasteiger partial charge in [-0.3, -0.25) is 9.36 Å². The van der Waals surface area contributed by atoms with Crippen LogP contribution >= 0.6 is 24.0 Å². The molecule has 2 aromatic heterocycles. The summed E-state index contributed by atoms with van der Waals surface area (Å²) in [5, 5.41) is 3.64. The van der Waals surface area contributed by atoms with Crippen LogP contribution in [0, 0.1) is 0 Å². The zero-order valence-corrected chi connectivity index (χ0v) is 19.5. The van der Waals surface area contributed by atoms with Crippen molar-refractivity contribution in [3.05, 3.63) is 71.9 Å². The molecule has 2 heterocycles. The molecule has 168 valence electrons. The maximum atomic E-state index is 13.1. The molecule has 9 heteroatoms. The number of halogens is 2. The van der Waals surface area contributed by atoms with Gasteiger partial charge in [0.1, 0.15) is 17.4 Å². The first kappa shape index (κ1) is 25.1. The number of imidazole rings is 1. The Balaban J connectivity index is 0.00000181. The van der Waals surface area contributed by atoms with E-state index in [-0.39, 0.29) is 23.8 Å². The van der Waals surface area contributed by atoms with Crippen molar-refractivity contribution in [1.29, 1.82) is 0 Å². The van der Waals surface area contributed by atoms with E-state index in [1.165, 1.54) is 0 Å². The number of aromatic nitrogens is 3. The van der Waals surface area contributed by atoms with Crippen molar-refractivity contribution in [2.45, 2.75) is 13.0 Å². The topological polar surface area (TPSA) is 94.6 Å². The minimum Gasteiger partial charge on any atom is -0.412 e. The van der Waals surface area contributed by atoms with Crippen molar-refractivity contribution in [3.63, 3.8) is 0 Å². The molecule has 2 aromatic carbocycles. The van der Waals surface area contributed by atoms with Crippen LogP contribution in [-0.2, 0) is 4.79 Å². The molecular formula is C23H25Cl2N5O2. The van der Waals surface area contributed by atoms with Crippen molar-refractivity contribution in [2.75, 3.05) is 24.3 Å². The molecule has 0 aliphatic carbocycles. The summed E-state index contributed by atoms with van der Waals surface area (Å²) >= 11 is 6.04. The summed E-state index contributed by atoms with van der Waals surface area (Å²) in [5.74, 6) is 0.527. The number of carbonyl (C=O) groups excluding carboxylic acids is 1. The number of hydrogen-bond acceptors (Lipinski definition) is 4. The molecule has 0 spiro atoms. The lowest BCUT2D eigenvalue weighted by molar-refractivity contribution is -0.118. The highest BCUT2D eigenvalue weighted by Gasteiger charge is 2.23. The van der Waals surface area contributed by atoms with E-state index in [9.17, 15) is 4.79 Å². The van der Waals surface area contributed by atoms with E-state index in [0.29, 0.717) is 16.5 Å². The van der Waals surface area contributed by atoms with Gasteiger partial charge in [-0.15, -0.1) is 12.4 Å². The molecule has 0 aliphatic rings. The average molecular weight is 474 g/mol. The molecule has 0 unspecified atom stereocenters. The number of nitrogens with zero attached hydrogens (tertiary/aromatic N) is 4. The molecule has 0 saturated carbocycles. The van der Waals surface area contributed by atoms with Crippen molar-refractivity contribution in [2.24, 2.45) is 0 Å². The summed E-state index contributed by atoms with van der Waals surface area (Å²) in [6, 6.07) is 18.3. The minimum absolute atomic E-state index is 0. The third-order valence-electron chi connectivity index (χ3n) is 4.97. The number of carbonyl (C=O) groups is 1. The second kappa shape index (κ2) is 10.5. The molecule has 0 bridgehead atoms. The Morgan fingerprint density at radius 1 is 1.06 bits per heavy atom. The SMILES string of the molecule is C[C@@H](C(=O)Nc1ccc(N(C)C)cc1)n1c(-c2ccc(Cl)cc2)nc2cccnc21.Cl.O. The molecule has 7 nitrogen and oxygen atoms in total. The molecule has 0 radical (unpaired) electrons. The highest BCUT2D eigenvalue weighted by Crippen LogP contribution is 2.29. The van der Waals surface area contributed by atoms with E-state index in [2.05, 4.69) is 10.3 Å². The van der Waals surface area contributed by atoms with Crippen LogP contribution in [0.5, 0.6) is 0 Å². The van der Waals surface area contributed by atoms with Gasteiger partial charge in [0, 0.05) is 42.3 Å². The van der Waals surface area contributed by atoms with Gasteiger partial charge in [0.15, 0.2) is 5.65 Å². The van der Waals surface area contributed by atoms with E-state index in [1.807, 2.05) is 91.1 Å². The number of fused-ring (bicyclic) bond motifs is 1. The second-order valence-electron chi connectivity index (χ2n) is 7.26. The molecule has 0 saturated heterocycles. The number of pyridine rings is 1. The van der Waals surface area contributed by atoms with Crippen molar-refractivity contribution in [3.8, 4) is 11.4 Å². The number of anilines is 2. The van der Waals surface area contributed by atoms with Gasteiger partial charge in [0.05, 0.1) is 0 Å². The number of rotatable bonds is 5. The van der Waals surface area contributed by atoms with E-state index >= 15 is 0 Å². The third-order valence-corrected chi connectivity index (χ3v) is 5.22.